The van der Waals surface area contributed by atoms with Crippen LogP contribution in [0.1, 0.15) is 44.5 Å². The van der Waals surface area contributed by atoms with Crippen LogP contribution in [0.3, 0.4) is 0 Å². The van der Waals surface area contributed by atoms with Crippen molar-refractivity contribution in [1.29, 1.82) is 0 Å². The Bertz CT molecular complexity index is 787. The maximum absolute atomic E-state index is 11.8. The molecule has 1 aliphatic heterocycles. The van der Waals surface area contributed by atoms with E-state index in [1.54, 1.807) is 4.68 Å². The number of carbonyl (C=O) groups is 1. The molecular weight excluding hydrogens is 318 g/mol. The number of aromatic nitrogens is 2. The van der Waals surface area contributed by atoms with E-state index in [1.807, 2.05) is 64.3 Å². The molecule has 7 nitrogen and oxygen atoms in total. The number of anilines is 1. The summed E-state index contributed by atoms with van der Waals surface area (Å²) in [7, 11) is 1.90. The minimum atomic E-state index is -0.519. The van der Waals surface area contributed by atoms with Crippen LogP contribution in [0.2, 0.25) is 0 Å². The number of aryl methyl sites for hydroxylation is 1. The van der Waals surface area contributed by atoms with E-state index in [1.165, 1.54) is 0 Å². The molecule has 2 N–H and O–H groups in total. The predicted octanol–water partition coefficient (Wildman–Crippen LogP) is 3.21. The number of ether oxygens (including phenoxy) is 1. The van der Waals surface area contributed by atoms with Gasteiger partial charge in [0.15, 0.2) is 0 Å². The van der Waals surface area contributed by atoms with Crippen molar-refractivity contribution in [3.05, 3.63) is 47.8 Å². The summed E-state index contributed by atoms with van der Waals surface area (Å²) >= 11 is 0. The average molecular weight is 341 g/mol. The summed E-state index contributed by atoms with van der Waals surface area (Å²) in [5.74, 6) is 0. The minimum Gasteiger partial charge on any atom is -0.444 e. The second kappa shape index (κ2) is 6.58. The lowest BCUT2D eigenvalue weighted by molar-refractivity contribution is 0.0636. The normalized spacial score (nSPS) is 17.0. The zero-order chi connectivity index (χ0) is 18.0. The quantitative estimate of drug-likeness (QED) is 0.898. The molecule has 1 atom stereocenters. The summed E-state index contributed by atoms with van der Waals surface area (Å²) in [5.41, 5.74) is 6.26. The van der Waals surface area contributed by atoms with Crippen molar-refractivity contribution < 1.29 is 9.53 Å². The van der Waals surface area contributed by atoms with Gasteiger partial charge in [0.2, 0.25) is 0 Å². The highest BCUT2D eigenvalue weighted by Gasteiger charge is 2.23. The van der Waals surface area contributed by atoms with Gasteiger partial charge in [-0.05, 0) is 44.5 Å². The Labute approximate surface area is 147 Å². The Morgan fingerprint density at radius 1 is 1.28 bits per heavy atom. The van der Waals surface area contributed by atoms with E-state index in [9.17, 15) is 4.79 Å². The Hall–Kier alpha value is -2.83. The van der Waals surface area contributed by atoms with Crippen LogP contribution in [0.5, 0.6) is 0 Å². The zero-order valence-electron chi connectivity index (χ0n) is 14.9. The second-order valence-electron chi connectivity index (χ2n) is 7.06. The van der Waals surface area contributed by atoms with Gasteiger partial charge in [-0.3, -0.25) is 10.00 Å². The molecule has 7 heteroatoms. The summed E-state index contributed by atoms with van der Waals surface area (Å²) in [6.45, 7) is 5.50. The van der Waals surface area contributed by atoms with Crippen molar-refractivity contribution >= 4 is 17.5 Å². The van der Waals surface area contributed by atoms with Crippen LogP contribution in [-0.4, -0.2) is 27.2 Å². The topological polar surface area (TPSA) is 80.5 Å². The van der Waals surface area contributed by atoms with Gasteiger partial charge < -0.3 is 10.2 Å². The van der Waals surface area contributed by atoms with Crippen molar-refractivity contribution in [2.24, 2.45) is 12.1 Å². The van der Waals surface area contributed by atoms with E-state index in [-0.39, 0.29) is 6.04 Å². The maximum atomic E-state index is 11.8. The molecule has 0 aliphatic carbocycles. The Kier molecular flexibility index (Phi) is 4.48. The fourth-order valence-corrected chi connectivity index (χ4v) is 2.58. The summed E-state index contributed by atoms with van der Waals surface area (Å²) in [4.78, 5) is 11.8. The highest BCUT2D eigenvalue weighted by Crippen LogP contribution is 2.24. The number of rotatable bonds is 3. The van der Waals surface area contributed by atoms with Crippen LogP contribution in [0, 0.1) is 0 Å². The van der Waals surface area contributed by atoms with Crippen molar-refractivity contribution in [3.63, 3.8) is 0 Å². The molecule has 0 saturated carbocycles. The monoisotopic (exact) mass is 341 g/mol. The molecule has 132 valence electrons. The van der Waals surface area contributed by atoms with Crippen molar-refractivity contribution in [3.8, 4) is 0 Å². The summed E-state index contributed by atoms with van der Waals surface area (Å²) in [6.07, 6.45) is 2.23. The molecule has 1 unspecified atom stereocenters. The Morgan fingerprint density at radius 3 is 2.60 bits per heavy atom. The molecule has 0 saturated heterocycles. The van der Waals surface area contributed by atoms with Crippen LogP contribution in [-0.2, 0) is 11.8 Å². The fourth-order valence-electron chi connectivity index (χ4n) is 2.58. The molecular formula is C18H23N5O2. The van der Waals surface area contributed by atoms with Crippen molar-refractivity contribution in [2.45, 2.75) is 38.8 Å². The van der Waals surface area contributed by atoms with Crippen LogP contribution in [0.15, 0.2) is 41.6 Å². The van der Waals surface area contributed by atoms with Crippen molar-refractivity contribution in [1.82, 2.24) is 15.2 Å². The third-order valence-corrected chi connectivity index (χ3v) is 3.71. The van der Waals surface area contributed by atoms with Gasteiger partial charge in [-0.15, -0.1) is 0 Å². The van der Waals surface area contributed by atoms with Crippen LogP contribution >= 0.6 is 0 Å². The standard InChI is InChI=1S/C18H23N5O2/c1-18(2,3)25-17(24)19-13-7-5-12(6-8-13)15-11-16(21-20-15)14-9-10-23(4)22-14/h5-10,16,21H,11H2,1-4H3,(H,19,24). The molecule has 1 aliphatic rings. The molecule has 1 aromatic heterocycles. The van der Waals surface area contributed by atoms with Crippen LogP contribution < -0.4 is 10.7 Å². The molecule has 0 spiro atoms. The van der Waals surface area contributed by atoms with Gasteiger partial charge >= 0.3 is 6.09 Å². The number of benzene rings is 1. The van der Waals surface area contributed by atoms with Gasteiger partial charge in [0.1, 0.15) is 5.60 Å². The number of hydrogen-bond acceptors (Lipinski definition) is 5. The fraction of sp³-hybridized carbons (Fsp3) is 0.389. The van der Waals surface area contributed by atoms with E-state index in [4.69, 9.17) is 4.74 Å². The van der Waals surface area contributed by atoms with Crippen LogP contribution in [0.25, 0.3) is 0 Å². The number of nitrogens with zero attached hydrogens (tertiary/aromatic N) is 3. The molecule has 2 aromatic rings. The van der Waals surface area contributed by atoms with Gasteiger partial charge in [0, 0.05) is 25.4 Å². The van der Waals surface area contributed by atoms with Gasteiger partial charge in [0.25, 0.3) is 0 Å². The first-order chi connectivity index (χ1) is 11.8. The van der Waals surface area contributed by atoms with Gasteiger partial charge in [-0.25, -0.2) is 4.79 Å². The first kappa shape index (κ1) is 17.0. The molecule has 25 heavy (non-hydrogen) atoms. The second-order valence-corrected chi connectivity index (χ2v) is 7.06. The summed E-state index contributed by atoms with van der Waals surface area (Å²) in [5, 5.41) is 11.6. The molecule has 3 rings (SSSR count). The molecule has 1 amide bonds. The molecule has 2 heterocycles. The third kappa shape index (κ3) is 4.37. The number of amides is 1. The third-order valence-electron chi connectivity index (χ3n) is 3.71. The molecule has 0 radical (unpaired) electrons. The van der Waals surface area contributed by atoms with E-state index >= 15 is 0 Å². The lowest BCUT2D eigenvalue weighted by atomic mass is 10.0. The molecule has 0 bridgehead atoms. The van der Waals surface area contributed by atoms with Gasteiger partial charge in [-0.2, -0.15) is 10.2 Å². The van der Waals surface area contributed by atoms with E-state index in [0.29, 0.717) is 5.69 Å². The van der Waals surface area contributed by atoms with E-state index in [0.717, 1.165) is 23.4 Å². The van der Waals surface area contributed by atoms with Crippen LogP contribution in [0.4, 0.5) is 10.5 Å². The first-order valence-corrected chi connectivity index (χ1v) is 8.22. The maximum Gasteiger partial charge on any atom is 0.412 e. The Morgan fingerprint density at radius 2 is 2.00 bits per heavy atom. The average Bonchev–Trinajstić information content (AvgIpc) is 3.15. The lowest BCUT2D eigenvalue weighted by Crippen LogP contribution is -2.27. The summed E-state index contributed by atoms with van der Waals surface area (Å²) < 4.78 is 7.03. The smallest absolute Gasteiger partial charge is 0.412 e. The minimum absolute atomic E-state index is 0.0933. The van der Waals surface area contributed by atoms with E-state index < -0.39 is 11.7 Å². The number of carbonyl (C=O) groups excluding carboxylic acids is 1. The number of hydrazone groups is 1. The number of nitrogens with one attached hydrogen (secondary N) is 2. The molecule has 0 fully saturated rings. The van der Waals surface area contributed by atoms with Crippen molar-refractivity contribution in [2.75, 3.05) is 5.32 Å². The molecule has 1 aromatic carbocycles. The number of hydrogen-bond donors (Lipinski definition) is 2. The van der Waals surface area contributed by atoms with E-state index in [2.05, 4.69) is 20.9 Å². The van der Waals surface area contributed by atoms with Gasteiger partial charge in [0.05, 0.1) is 17.4 Å². The Balaban J connectivity index is 1.60. The highest BCUT2D eigenvalue weighted by atomic mass is 16.6. The summed E-state index contributed by atoms with van der Waals surface area (Å²) in [6, 6.07) is 9.65. The largest absolute Gasteiger partial charge is 0.444 e. The zero-order valence-corrected chi connectivity index (χ0v) is 14.9. The highest BCUT2D eigenvalue weighted by molar-refractivity contribution is 6.02. The lowest BCUT2D eigenvalue weighted by Gasteiger charge is -2.19. The SMILES string of the molecule is Cn1ccc(C2CC(c3ccc(NC(=O)OC(C)(C)C)cc3)=NN2)n1. The first-order valence-electron chi connectivity index (χ1n) is 8.22. The van der Waals surface area contributed by atoms with Gasteiger partial charge in [-0.1, -0.05) is 12.1 Å². The predicted molar refractivity (Wildman–Crippen MR) is 96.5 cm³/mol.